The lowest BCUT2D eigenvalue weighted by Crippen LogP contribution is -2.13. The second kappa shape index (κ2) is 6.65. The molecule has 0 saturated heterocycles. The lowest BCUT2D eigenvalue weighted by atomic mass is 10.0. The molecule has 0 amide bonds. The Labute approximate surface area is 169 Å². The first kappa shape index (κ1) is 18.5. The first-order valence-electron chi connectivity index (χ1n) is 9.21. The zero-order chi connectivity index (χ0) is 20.1. The fourth-order valence-electron chi connectivity index (χ4n) is 3.65. The zero-order valence-electron chi connectivity index (χ0n) is 16.4. The van der Waals surface area contributed by atoms with E-state index in [1.807, 2.05) is 27.0 Å². The molecule has 1 fully saturated rings. The van der Waals surface area contributed by atoms with Crippen LogP contribution < -0.4 is 4.90 Å². The van der Waals surface area contributed by atoms with Gasteiger partial charge in [-0.3, -0.25) is 4.98 Å². The first-order valence-corrected chi connectivity index (χ1v) is 9.59. The zero-order valence-corrected chi connectivity index (χ0v) is 17.1. The van der Waals surface area contributed by atoms with Gasteiger partial charge in [0.25, 0.3) is 0 Å². The lowest BCUT2D eigenvalue weighted by Gasteiger charge is -2.23. The van der Waals surface area contributed by atoms with E-state index in [9.17, 15) is 5.26 Å². The Hall–Kier alpha value is -2.84. The minimum Gasteiger partial charge on any atom is -0.361 e. The van der Waals surface area contributed by atoms with E-state index in [0.29, 0.717) is 10.7 Å². The third-order valence-electron chi connectivity index (χ3n) is 5.52. The molecule has 6 heteroatoms. The minimum absolute atomic E-state index is 0.493. The summed E-state index contributed by atoms with van der Waals surface area (Å²) < 4.78 is 5.32. The van der Waals surface area contributed by atoms with Gasteiger partial charge in [0.2, 0.25) is 0 Å². The Morgan fingerprint density at radius 2 is 1.96 bits per heavy atom. The van der Waals surface area contributed by atoms with Gasteiger partial charge in [0.1, 0.15) is 11.2 Å². The van der Waals surface area contributed by atoms with Crippen molar-refractivity contribution in [1.82, 2.24) is 10.1 Å². The molecule has 3 aromatic rings. The first-order chi connectivity index (χ1) is 13.4. The molecule has 28 heavy (non-hydrogen) atoms. The maximum atomic E-state index is 9.42. The van der Waals surface area contributed by atoms with E-state index in [2.05, 4.69) is 46.2 Å². The standard InChI is InChI=1S/C22H21ClN4O/c1-13-5-6-16(20-14(2)26-28-15(20)3)9-19(13)27(4)17-10-18(23)21(25-11-17)22(12-24)7-8-22/h5-6,9-11H,7-8H2,1-4H3. The highest BCUT2D eigenvalue weighted by molar-refractivity contribution is 6.31. The molecule has 1 aromatic carbocycles. The van der Waals surface area contributed by atoms with Gasteiger partial charge in [-0.1, -0.05) is 28.9 Å². The molecule has 5 nitrogen and oxygen atoms in total. The number of pyridine rings is 1. The van der Waals surface area contributed by atoms with Crippen molar-refractivity contribution in [2.75, 3.05) is 11.9 Å². The van der Waals surface area contributed by atoms with Gasteiger partial charge < -0.3 is 9.42 Å². The SMILES string of the molecule is Cc1ccc(-c2c(C)noc2C)cc1N(C)c1cnc(C2(C#N)CC2)c(Cl)c1. The number of aromatic nitrogens is 2. The molecule has 0 atom stereocenters. The summed E-state index contributed by atoms with van der Waals surface area (Å²) in [6.07, 6.45) is 3.44. The molecule has 0 N–H and O–H groups in total. The summed E-state index contributed by atoms with van der Waals surface area (Å²) in [5.41, 5.74) is 6.20. The molecule has 1 saturated carbocycles. The van der Waals surface area contributed by atoms with Crippen molar-refractivity contribution >= 4 is 23.0 Å². The molecule has 4 rings (SSSR count). The third-order valence-corrected chi connectivity index (χ3v) is 5.81. The molecular weight excluding hydrogens is 372 g/mol. The van der Waals surface area contributed by atoms with Crippen LogP contribution in [0.25, 0.3) is 11.1 Å². The van der Waals surface area contributed by atoms with Crippen LogP contribution >= 0.6 is 11.6 Å². The number of nitriles is 1. The van der Waals surface area contributed by atoms with Crippen LogP contribution in [0.1, 0.15) is 35.6 Å². The average Bonchev–Trinajstić information content (AvgIpc) is 3.41. The average molecular weight is 393 g/mol. The fraction of sp³-hybridized carbons (Fsp3) is 0.318. The molecule has 0 unspecified atom stereocenters. The molecular formula is C22H21ClN4O. The number of benzene rings is 1. The topological polar surface area (TPSA) is 66.0 Å². The highest BCUT2D eigenvalue weighted by atomic mass is 35.5. The van der Waals surface area contributed by atoms with Crippen LogP contribution in [-0.2, 0) is 5.41 Å². The quantitative estimate of drug-likeness (QED) is 0.574. The molecule has 1 aliphatic carbocycles. The molecule has 2 aromatic heterocycles. The number of halogens is 1. The van der Waals surface area contributed by atoms with Gasteiger partial charge in [0.15, 0.2) is 0 Å². The van der Waals surface area contributed by atoms with E-state index in [1.165, 1.54) is 0 Å². The van der Waals surface area contributed by atoms with Crippen molar-refractivity contribution in [1.29, 1.82) is 5.26 Å². The van der Waals surface area contributed by atoms with Crippen LogP contribution in [0.2, 0.25) is 5.02 Å². The van der Waals surface area contributed by atoms with Gasteiger partial charge in [-0.15, -0.1) is 0 Å². The van der Waals surface area contributed by atoms with Gasteiger partial charge in [-0.25, -0.2) is 0 Å². The number of rotatable bonds is 4. The van der Waals surface area contributed by atoms with Gasteiger partial charge in [0.05, 0.1) is 34.4 Å². The second-order valence-corrected chi connectivity index (χ2v) is 7.88. The summed E-state index contributed by atoms with van der Waals surface area (Å²) in [5.74, 6) is 0.801. The Balaban J connectivity index is 1.73. The predicted octanol–water partition coefficient (Wildman–Crippen LogP) is 5.64. The Morgan fingerprint density at radius 3 is 2.54 bits per heavy atom. The number of hydrogen-bond donors (Lipinski definition) is 0. The van der Waals surface area contributed by atoms with Crippen LogP contribution in [0.5, 0.6) is 0 Å². The minimum atomic E-state index is -0.493. The summed E-state index contributed by atoms with van der Waals surface area (Å²) in [6.45, 7) is 5.94. The monoisotopic (exact) mass is 392 g/mol. The normalized spacial score (nSPS) is 14.6. The Bertz CT molecular complexity index is 1090. The summed E-state index contributed by atoms with van der Waals surface area (Å²) >= 11 is 6.50. The lowest BCUT2D eigenvalue weighted by molar-refractivity contribution is 0.393. The summed E-state index contributed by atoms with van der Waals surface area (Å²) in [6, 6.07) is 10.5. The van der Waals surface area contributed by atoms with Crippen LogP contribution in [-0.4, -0.2) is 17.2 Å². The molecule has 2 heterocycles. The molecule has 0 radical (unpaired) electrons. The highest BCUT2D eigenvalue weighted by Gasteiger charge is 2.47. The summed E-state index contributed by atoms with van der Waals surface area (Å²) in [5, 5.41) is 14.0. The second-order valence-electron chi connectivity index (χ2n) is 7.48. The van der Waals surface area contributed by atoms with E-state index in [1.54, 1.807) is 6.20 Å². The van der Waals surface area contributed by atoms with Crippen molar-refractivity contribution in [3.8, 4) is 17.2 Å². The fourth-order valence-corrected chi connectivity index (χ4v) is 3.99. The van der Waals surface area contributed by atoms with Gasteiger partial charge in [-0.2, -0.15) is 5.26 Å². The maximum Gasteiger partial charge on any atom is 0.141 e. The van der Waals surface area contributed by atoms with E-state index in [4.69, 9.17) is 16.1 Å². The largest absolute Gasteiger partial charge is 0.361 e. The molecule has 0 bridgehead atoms. The molecule has 0 aliphatic heterocycles. The van der Waals surface area contributed by atoms with Crippen LogP contribution in [0, 0.1) is 32.1 Å². The summed E-state index contributed by atoms with van der Waals surface area (Å²) in [4.78, 5) is 6.60. The van der Waals surface area contributed by atoms with Crippen molar-refractivity contribution in [3.05, 3.63) is 58.2 Å². The van der Waals surface area contributed by atoms with E-state index >= 15 is 0 Å². The van der Waals surface area contributed by atoms with Crippen LogP contribution in [0.3, 0.4) is 0 Å². The predicted molar refractivity (Wildman–Crippen MR) is 110 cm³/mol. The van der Waals surface area contributed by atoms with Crippen LogP contribution in [0.15, 0.2) is 35.0 Å². The van der Waals surface area contributed by atoms with Crippen molar-refractivity contribution < 1.29 is 4.52 Å². The van der Waals surface area contributed by atoms with Gasteiger partial charge >= 0.3 is 0 Å². The smallest absolute Gasteiger partial charge is 0.141 e. The van der Waals surface area contributed by atoms with E-state index in [-0.39, 0.29) is 0 Å². The van der Waals surface area contributed by atoms with Gasteiger partial charge in [-0.05, 0) is 56.9 Å². The van der Waals surface area contributed by atoms with E-state index in [0.717, 1.165) is 52.4 Å². The molecule has 142 valence electrons. The van der Waals surface area contributed by atoms with Crippen molar-refractivity contribution in [2.24, 2.45) is 0 Å². The van der Waals surface area contributed by atoms with Crippen molar-refractivity contribution in [3.63, 3.8) is 0 Å². The number of anilines is 2. The number of nitrogens with zero attached hydrogens (tertiary/aromatic N) is 4. The third kappa shape index (κ3) is 2.94. The Kier molecular flexibility index (Phi) is 4.40. The molecule has 0 spiro atoms. The maximum absolute atomic E-state index is 9.42. The van der Waals surface area contributed by atoms with E-state index < -0.39 is 5.41 Å². The highest BCUT2D eigenvalue weighted by Crippen LogP contribution is 2.49. The number of hydrogen-bond acceptors (Lipinski definition) is 5. The summed E-state index contributed by atoms with van der Waals surface area (Å²) in [7, 11) is 1.99. The van der Waals surface area contributed by atoms with Gasteiger partial charge in [0, 0.05) is 18.3 Å². The van der Waals surface area contributed by atoms with Crippen LogP contribution in [0.4, 0.5) is 11.4 Å². The van der Waals surface area contributed by atoms with Crippen molar-refractivity contribution in [2.45, 2.75) is 39.0 Å². The molecule has 1 aliphatic rings. The Morgan fingerprint density at radius 1 is 1.21 bits per heavy atom. The number of aryl methyl sites for hydroxylation is 3.